The van der Waals surface area contributed by atoms with Crippen LogP contribution in [0.15, 0.2) is 18.7 Å². The molecule has 2 fully saturated rings. The number of aromatic nitrogens is 4. The van der Waals surface area contributed by atoms with Crippen molar-refractivity contribution in [3.8, 4) is 0 Å². The summed E-state index contributed by atoms with van der Waals surface area (Å²) < 4.78 is 0. The van der Waals surface area contributed by atoms with Gasteiger partial charge in [-0.05, 0) is 20.8 Å². The number of aryl methyl sites for hydroxylation is 2. The van der Waals surface area contributed by atoms with Gasteiger partial charge in [0.25, 0.3) is 0 Å². The zero-order valence-electron chi connectivity index (χ0n) is 13.9. The van der Waals surface area contributed by atoms with E-state index < -0.39 is 0 Å². The van der Waals surface area contributed by atoms with E-state index in [1.165, 1.54) is 5.56 Å². The lowest BCUT2D eigenvalue weighted by molar-refractivity contribution is 0.533. The summed E-state index contributed by atoms with van der Waals surface area (Å²) in [5.74, 6) is 3.53. The minimum absolute atomic E-state index is 0.681. The molecule has 0 aromatic carbocycles. The van der Waals surface area contributed by atoms with Gasteiger partial charge in [-0.25, -0.2) is 19.9 Å². The third-order valence-electron chi connectivity index (χ3n) is 5.21. The average Bonchev–Trinajstić information content (AvgIpc) is 3.08. The standard InChI is InChI=1S/C17H22N6/c1-11-4-16(20-9-18-11)22-5-14-7-23(8-15(14)6-22)17-12(2)13(3)19-10-21-17/h4,9-10,14-15H,5-8H2,1-3H3. The maximum atomic E-state index is 4.52. The number of fused-ring (bicyclic) bond motifs is 1. The third kappa shape index (κ3) is 2.52. The molecule has 0 amide bonds. The fraction of sp³-hybridized carbons (Fsp3) is 0.529. The Labute approximate surface area is 136 Å². The third-order valence-corrected chi connectivity index (χ3v) is 5.21. The summed E-state index contributed by atoms with van der Waals surface area (Å²) >= 11 is 0. The first-order chi connectivity index (χ1) is 11.1. The Bertz CT molecular complexity index is 717. The molecule has 6 nitrogen and oxygen atoms in total. The molecule has 120 valence electrons. The van der Waals surface area contributed by atoms with Crippen molar-refractivity contribution in [1.82, 2.24) is 19.9 Å². The van der Waals surface area contributed by atoms with Gasteiger partial charge in [0.2, 0.25) is 0 Å². The van der Waals surface area contributed by atoms with Gasteiger partial charge in [0.15, 0.2) is 0 Å². The Morgan fingerprint density at radius 3 is 2.17 bits per heavy atom. The van der Waals surface area contributed by atoms with Crippen molar-refractivity contribution >= 4 is 11.6 Å². The molecule has 23 heavy (non-hydrogen) atoms. The van der Waals surface area contributed by atoms with Gasteiger partial charge < -0.3 is 9.80 Å². The average molecular weight is 310 g/mol. The molecule has 4 heterocycles. The first kappa shape index (κ1) is 14.4. The van der Waals surface area contributed by atoms with Crippen LogP contribution in [0.5, 0.6) is 0 Å². The molecule has 2 aliphatic heterocycles. The Morgan fingerprint density at radius 2 is 1.48 bits per heavy atom. The molecule has 2 aromatic rings. The highest BCUT2D eigenvalue weighted by molar-refractivity contribution is 5.50. The normalized spacial score (nSPS) is 23.4. The van der Waals surface area contributed by atoms with Gasteiger partial charge in [0.05, 0.1) is 0 Å². The molecule has 2 atom stereocenters. The van der Waals surface area contributed by atoms with Crippen molar-refractivity contribution in [3.63, 3.8) is 0 Å². The van der Waals surface area contributed by atoms with E-state index in [0.717, 1.165) is 49.2 Å². The Balaban J connectivity index is 1.49. The molecule has 0 saturated carbocycles. The lowest BCUT2D eigenvalue weighted by atomic mass is 10.0. The molecular formula is C17H22N6. The Hall–Kier alpha value is -2.24. The smallest absolute Gasteiger partial charge is 0.135 e. The molecule has 0 spiro atoms. The van der Waals surface area contributed by atoms with Crippen molar-refractivity contribution in [3.05, 3.63) is 35.7 Å². The van der Waals surface area contributed by atoms with Crippen molar-refractivity contribution in [2.75, 3.05) is 36.0 Å². The van der Waals surface area contributed by atoms with Crippen LogP contribution in [0.25, 0.3) is 0 Å². The van der Waals surface area contributed by atoms with Crippen LogP contribution in [0.1, 0.15) is 17.0 Å². The van der Waals surface area contributed by atoms with Crippen LogP contribution in [0.4, 0.5) is 11.6 Å². The van der Waals surface area contributed by atoms with E-state index in [1.54, 1.807) is 12.7 Å². The second-order valence-corrected chi connectivity index (χ2v) is 6.76. The van der Waals surface area contributed by atoms with Crippen LogP contribution >= 0.6 is 0 Å². The summed E-state index contributed by atoms with van der Waals surface area (Å²) in [5, 5.41) is 0. The Morgan fingerprint density at radius 1 is 0.826 bits per heavy atom. The minimum atomic E-state index is 0.681. The fourth-order valence-corrected chi connectivity index (χ4v) is 3.81. The molecule has 0 aliphatic carbocycles. The van der Waals surface area contributed by atoms with E-state index in [4.69, 9.17) is 0 Å². The zero-order chi connectivity index (χ0) is 16.0. The molecule has 4 rings (SSSR count). The van der Waals surface area contributed by atoms with Crippen LogP contribution in [-0.2, 0) is 0 Å². The summed E-state index contributed by atoms with van der Waals surface area (Å²) in [6.45, 7) is 10.5. The highest BCUT2D eigenvalue weighted by Gasteiger charge is 2.41. The van der Waals surface area contributed by atoms with Crippen molar-refractivity contribution in [1.29, 1.82) is 0 Å². The van der Waals surface area contributed by atoms with E-state index in [1.807, 2.05) is 6.92 Å². The van der Waals surface area contributed by atoms with Crippen LogP contribution in [0.3, 0.4) is 0 Å². The van der Waals surface area contributed by atoms with Crippen molar-refractivity contribution in [2.45, 2.75) is 20.8 Å². The highest BCUT2D eigenvalue weighted by Crippen LogP contribution is 2.35. The van der Waals surface area contributed by atoms with E-state index in [9.17, 15) is 0 Å². The van der Waals surface area contributed by atoms with Gasteiger partial charge in [-0.1, -0.05) is 0 Å². The largest absolute Gasteiger partial charge is 0.356 e. The first-order valence-corrected chi connectivity index (χ1v) is 8.18. The minimum Gasteiger partial charge on any atom is -0.356 e. The monoisotopic (exact) mass is 310 g/mol. The summed E-state index contributed by atoms with van der Waals surface area (Å²) in [5.41, 5.74) is 3.31. The molecule has 2 saturated heterocycles. The molecular weight excluding hydrogens is 288 g/mol. The molecule has 2 unspecified atom stereocenters. The quantitative estimate of drug-likeness (QED) is 0.842. The number of hydrogen-bond donors (Lipinski definition) is 0. The molecule has 2 aromatic heterocycles. The van der Waals surface area contributed by atoms with Crippen LogP contribution in [0, 0.1) is 32.6 Å². The molecule has 2 aliphatic rings. The van der Waals surface area contributed by atoms with Gasteiger partial charge in [-0.15, -0.1) is 0 Å². The van der Waals surface area contributed by atoms with Crippen LogP contribution < -0.4 is 9.80 Å². The van der Waals surface area contributed by atoms with E-state index >= 15 is 0 Å². The lowest BCUT2D eigenvalue weighted by Crippen LogP contribution is -2.30. The van der Waals surface area contributed by atoms with Gasteiger partial charge in [0, 0.05) is 61.0 Å². The SMILES string of the molecule is Cc1cc(N2CC3CN(c4ncnc(C)c4C)CC3C2)ncn1. The van der Waals surface area contributed by atoms with Gasteiger partial charge in [0.1, 0.15) is 24.3 Å². The predicted molar refractivity (Wildman–Crippen MR) is 89.7 cm³/mol. The summed E-state index contributed by atoms with van der Waals surface area (Å²) in [7, 11) is 0. The number of hydrogen-bond acceptors (Lipinski definition) is 6. The highest BCUT2D eigenvalue weighted by atomic mass is 15.3. The summed E-state index contributed by atoms with van der Waals surface area (Å²) in [4.78, 5) is 22.3. The van der Waals surface area contributed by atoms with E-state index in [0.29, 0.717) is 11.8 Å². The molecule has 0 radical (unpaired) electrons. The second-order valence-electron chi connectivity index (χ2n) is 6.76. The molecule has 0 N–H and O–H groups in total. The number of nitrogens with zero attached hydrogens (tertiary/aromatic N) is 6. The maximum Gasteiger partial charge on any atom is 0.135 e. The van der Waals surface area contributed by atoms with Gasteiger partial charge in [-0.2, -0.15) is 0 Å². The van der Waals surface area contributed by atoms with Crippen LogP contribution in [-0.4, -0.2) is 46.1 Å². The van der Waals surface area contributed by atoms with Crippen molar-refractivity contribution in [2.24, 2.45) is 11.8 Å². The lowest BCUT2D eigenvalue weighted by Gasteiger charge is -2.24. The van der Waals surface area contributed by atoms with Gasteiger partial charge in [-0.3, -0.25) is 0 Å². The molecule has 6 heteroatoms. The number of anilines is 2. The topological polar surface area (TPSA) is 58.0 Å². The van der Waals surface area contributed by atoms with Crippen LogP contribution in [0.2, 0.25) is 0 Å². The Kier molecular flexibility index (Phi) is 3.39. The predicted octanol–water partition coefficient (Wildman–Crippen LogP) is 1.76. The van der Waals surface area contributed by atoms with Crippen molar-refractivity contribution < 1.29 is 0 Å². The summed E-state index contributed by atoms with van der Waals surface area (Å²) in [6, 6.07) is 2.08. The fourth-order valence-electron chi connectivity index (χ4n) is 3.81. The van der Waals surface area contributed by atoms with Gasteiger partial charge >= 0.3 is 0 Å². The molecule has 0 bridgehead atoms. The van der Waals surface area contributed by atoms with E-state index in [-0.39, 0.29) is 0 Å². The zero-order valence-corrected chi connectivity index (χ0v) is 13.9. The first-order valence-electron chi connectivity index (χ1n) is 8.18. The second kappa shape index (κ2) is 5.44. The summed E-state index contributed by atoms with van der Waals surface area (Å²) in [6.07, 6.45) is 3.35. The van der Waals surface area contributed by atoms with E-state index in [2.05, 4.69) is 49.6 Å². The maximum absolute atomic E-state index is 4.52. The number of rotatable bonds is 2.